The third-order valence-electron chi connectivity index (χ3n) is 3.43. The van der Waals surface area contributed by atoms with E-state index < -0.39 is 15.8 Å². The molecule has 0 bridgehead atoms. The van der Waals surface area contributed by atoms with E-state index in [2.05, 4.69) is 0 Å². The SMILES string of the molecule is CC1OCCC1SCCS(=O)(=O)c1cccc(C(=O)O)c1. The highest BCUT2D eigenvalue weighted by Gasteiger charge is 2.25. The predicted octanol–water partition coefficient (Wildman–Crippen LogP) is 2.07. The lowest BCUT2D eigenvalue weighted by Crippen LogP contribution is -2.17. The predicted molar refractivity (Wildman–Crippen MR) is 81.7 cm³/mol. The lowest BCUT2D eigenvalue weighted by molar-refractivity contribution is 0.0696. The Labute approximate surface area is 128 Å². The van der Waals surface area contributed by atoms with Crippen molar-refractivity contribution in [2.45, 2.75) is 29.6 Å². The summed E-state index contributed by atoms with van der Waals surface area (Å²) in [4.78, 5) is 11.0. The van der Waals surface area contributed by atoms with Crippen LogP contribution in [-0.4, -0.2) is 49.0 Å². The van der Waals surface area contributed by atoms with E-state index in [0.717, 1.165) is 13.0 Å². The molecule has 0 spiro atoms. The minimum atomic E-state index is -3.45. The molecule has 0 radical (unpaired) electrons. The van der Waals surface area contributed by atoms with Gasteiger partial charge in [0.1, 0.15) is 0 Å². The van der Waals surface area contributed by atoms with Gasteiger partial charge in [-0.3, -0.25) is 0 Å². The van der Waals surface area contributed by atoms with Crippen molar-refractivity contribution >= 4 is 27.6 Å². The van der Waals surface area contributed by atoms with Gasteiger partial charge in [0.05, 0.1) is 22.3 Å². The van der Waals surface area contributed by atoms with E-state index in [1.165, 1.54) is 24.3 Å². The van der Waals surface area contributed by atoms with Crippen molar-refractivity contribution in [3.8, 4) is 0 Å². The van der Waals surface area contributed by atoms with Gasteiger partial charge in [-0.15, -0.1) is 0 Å². The molecule has 5 nitrogen and oxygen atoms in total. The van der Waals surface area contributed by atoms with E-state index in [1.807, 2.05) is 6.92 Å². The van der Waals surface area contributed by atoms with Crippen LogP contribution in [0.1, 0.15) is 23.7 Å². The van der Waals surface area contributed by atoms with Crippen molar-refractivity contribution in [3.05, 3.63) is 29.8 Å². The Bertz CT molecular complexity index is 612. The highest BCUT2D eigenvalue weighted by Crippen LogP contribution is 2.27. The Morgan fingerprint density at radius 2 is 2.24 bits per heavy atom. The fraction of sp³-hybridized carbons (Fsp3) is 0.500. The van der Waals surface area contributed by atoms with E-state index in [0.29, 0.717) is 11.0 Å². The number of carboxylic acids is 1. The first kappa shape index (κ1) is 16.3. The van der Waals surface area contributed by atoms with Crippen LogP contribution >= 0.6 is 11.8 Å². The van der Waals surface area contributed by atoms with Crippen LogP contribution in [0.5, 0.6) is 0 Å². The number of rotatable bonds is 6. The molecular weight excluding hydrogens is 312 g/mol. The van der Waals surface area contributed by atoms with E-state index in [1.54, 1.807) is 11.8 Å². The second kappa shape index (κ2) is 6.81. The fourth-order valence-electron chi connectivity index (χ4n) is 2.18. The second-order valence-electron chi connectivity index (χ2n) is 4.93. The summed E-state index contributed by atoms with van der Waals surface area (Å²) in [5.41, 5.74) is -0.0125. The van der Waals surface area contributed by atoms with Crippen molar-refractivity contribution in [1.82, 2.24) is 0 Å². The fourth-order valence-corrected chi connectivity index (χ4v) is 5.19. The standard InChI is InChI=1S/C14H18O5S2/c1-10-13(5-6-19-10)20-7-8-21(17,18)12-4-2-3-11(9-12)14(15)16/h2-4,9-10,13H,5-8H2,1H3,(H,15,16). The van der Waals surface area contributed by atoms with Crippen molar-refractivity contribution in [2.75, 3.05) is 18.1 Å². The lowest BCUT2D eigenvalue weighted by Gasteiger charge is -2.13. The molecule has 21 heavy (non-hydrogen) atoms. The van der Waals surface area contributed by atoms with Crippen LogP contribution in [-0.2, 0) is 14.6 Å². The second-order valence-corrected chi connectivity index (χ2v) is 8.38. The average molecular weight is 330 g/mol. The van der Waals surface area contributed by atoms with Gasteiger partial charge >= 0.3 is 5.97 Å². The molecule has 0 aliphatic carbocycles. The Balaban J connectivity index is 1.98. The molecular formula is C14H18O5S2. The first-order chi connectivity index (χ1) is 9.90. The molecule has 0 aromatic heterocycles. The number of thioether (sulfide) groups is 1. The Morgan fingerprint density at radius 3 is 2.86 bits per heavy atom. The van der Waals surface area contributed by atoms with Crippen LogP contribution < -0.4 is 0 Å². The topological polar surface area (TPSA) is 80.7 Å². The molecule has 1 aromatic carbocycles. The van der Waals surface area contributed by atoms with Gasteiger partial charge in [0.25, 0.3) is 0 Å². The molecule has 2 unspecified atom stereocenters. The quantitative estimate of drug-likeness (QED) is 0.860. The third kappa shape index (κ3) is 4.21. The molecule has 116 valence electrons. The number of hydrogen-bond acceptors (Lipinski definition) is 5. The molecule has 1 aliphatic rings. The normalized spacial score (nSPS) is 22.3. The van der Waals surface area contributed by atoms with Crippen LogP contribution in [0, 0.1) is 0 Å². The average Bonchev–Trinajstić information content (AvgIpc) is 2.84. The number of benzene rings is 1. The highest BCUT2D eigenvalue weighted by molar-refractivity contribution is 8.01. The summed E-state index contributed by atoms with van der Waals surface area (Å²) < 4.78 is 29.9. The highest BCUT2D eigenvalue weighted by atomic mass is 32.2. The summed E-state index contributed by atoms with van der Waals surface area (Å²) >= 11 is 1.60. The van der Waals surface area contributed by atoms with Crippen molar-refractivity contribution in [2.24, 2.45) is 0 Å². The number of ether oxygens (including phenoxy) is 1. The number of sulfone groups is 1. The molecule has 1 heterocycles. The summed E-state index contributed by atoms with van der Waals surface area (Å²) in [6.07, 6.45) is 1.11. The number of hydrogen-bond donors (Lipinski definition) is 1. The minimum Gasteiger partial charge on any atom is -0.478 e. The summed E-state index contributed by atoms with van der Waals surface area (Å²) in [6, 6.07) is 5.49. The van der Waals surface area contributed by atoms with Crippen LogP contribution in [0.2, 0.25) is 0 Å². The van der Waals surface area contributed by atoms with Crippen molar-refractivity contribution in [1.29, 1.82) is 0 Å². The maximum absolute atomic E-state index is 12.2. The van der Waals surface area contributed by atoms with Crippen LogP contribution in [0.15, 0.2) is 29.2 Å². The molecule has 2 rings (SSSR count). The van der Waals surface area contributed by atoms with Gasteiger partial charge < -0.3 is 9.84 Å². The number of carbonyl (C=O) groups is 1. The molecule has 7 heteroatoms. The summed E-state index contributed by atoms with van der Waals surface area (Å²) in [5, 5.41) is 9.25. The van der Waals surface area contributed by atoms with Gasteiger partial charge in [0, 0.05) is 17.6 Å². The number of carboxylic acid groups (broad SMARTS) is 1. The molecule has 1 aromatic rings. The van der Waals surface area contributed by atoms with E-state index >= 15 is 0 Å². The zero-order valence-corrected chi connectivity index (χ0v) is 13.3. The zero-order chi connectivity index (χ0) is 15.5. The van der Waals surface area contributed by atoms with Crippen molar-refractivity contribution < 1.29 is 23.1 Å². The van der Waals surface area contributed by atoms with Crippen molar-refractivity contribution in [3.63, 3.8) is 0 Å². The molecule has 1 aliphatic heterocycles. The summed E-state index contributed by atoms with van der Waals surface area (Å²) in [5.74, 6) is -0.638. The van der Waals surface area contributed by atoms with Crippen LogP contribution in [0.4, 0.5) is 0 Å². The van der Waals surface area contributed by atoms with E-state index in [9.17, 15) is 13.2 Å². The Morgan fingerprint density at radius 1 is 1.48 bits per heavy atom. The molecule has 0 amide bonds. The minimum absolute atomic E-state index is 0.00393. The smallest absolute Gasteiger partial charge is 0.335 e. The van der Waals surface area contributed by atoms with E-state index in [-0.39, 0.29) is 22.3 Å². The maximum Gasteiger partial charge on any atom is 0.335 e. The lowest BCUT2D eigenvalue weighted by atomic mass is 10.2. The third-order valence-corrected chi connectivity index (χ3v) is 6.89. The monoisotopic (exact) mass is 330 g/mol. The Hall–Kier alpha value is -1.05. The molecule has 2 atom stereocenters. The Kier molecular flexibility index (Phi) is 5.29. The molecule has 0 saturated carbocycles. The maximum atomic E-state index is 12.2. The van der Waals surface area contributed by atoms with Gasteiger partial charge in [0.15, 0.2) is 9.84 Å². The number of aromatic carboxylic acids is 1. The van der Waals surface area contributed by atoms with E-state index in [4.69, 9.17) is 9.84 Å². The summed E-state index contributed by atoms with van der Waals surface area (Å²) in [7, 11) is -3.45. The molecule has 1 fully saturated rings. The van der Waals surface area contributed by atoms with Gasteiger partial charge in [-0.1, -0.05) is 6.07 Å². The van der Waals surface area contributed by atoms with Crippen LogP contribution in [0.3, 0.4) is 0 Å². The molecule has 1 saturated heterocycles. The zero-order valence-electron chi connectivity index (χ0n) is 11.7. The van der Waals surface area contributed by atoms with Gasteiger partial charge in [-0.25, -0.2) is 13.2 Å². The summed E-state index contributed by atoms with van der Waals surface area (Å²) in [6.45, 7) is 2.72. The van der Waals surface area contributed by atoms with Gasteiger partial charge in [0.2, 0.25) is 0 Å². The van der Waals surface area contributed by atoms with Gasteiger partial charge in [-0.2, -0.15) is 11.8 Å². The largest absolute Gasteiger partial charge is 0.478 e. The first-order valence-corrected chi connectivity index (χ1v) is 9.39. The first-order valence-electron chi connectivity index (χ1n) is 6.69. The molecule has 1 N–H and O–H groups in total. The van der Waals surface area contributed by atoms with Gasteiger partial charge in [-0.05, 0) is 31.5 Å². The van der Waals surface area contributed by atoms with Crippen LogP contribution in [0.25, 0.3) is 0 Å².